The molecule has 8 nitrogen and oxygen atoms in total. The fourth-order valence-electron chi connectivity index (χ4n) is 5.00. The van der Waals surface area contributed by atoms with Gasteiger partial charge in [-0.2, -0.15) is 0 Å². The third kappa shape index (κ3) is 9.34. The number of nitrogens with zero attached hydrogens (tertiary/aromatic N) is 3. The highest BCUT2D eigenvalue weighted by molar-refractivity contribution is 7.15. The number of benzene rings is 1. The van der Waals surface area contributed by atoms with E-state index in [-0.39, 0.29) is 29.6 Å². The van der Waals surface area contributed by atoms with Gasteiger partial charge < -0.3 is 24.3 Å². The van der Waals surface area contributed by atoms with Crippen LogP contribution in [0, 0.1) is 5.92 Å². The van der Waals surface area contributed by atoms with Gasteiger partial charge in [0, 0.05) is 43.3 Å². The van der Waals surface area contributed by atoms with Gasteiger partial charge in [0.05, 0.1) is 22.1 Å². The maximum absolute atomic E-state index is 14.2. The van der Waals surface area contributed by atoms with Gasteiger partial charge in [0.25, 0.3) is 0 Å². The Balaban J connectivity index is 1.48. The van der Waals surface area contributed by atoms with Crippen LogP contribution in [0.4, 0.5) is 9.93 Å². The molecule has 0 unspecified atom stereocenters. The van der Waals surface area contributed by atoms with Crippen molar-refractivity contribution in [2.45, 2.75) is 110 Å². The van der Waals surface area contributed by atoms with E-state index in [4.69, 9.17) is 37.3 Å². The number of thiazole rings is 1. The Kier molecular flexibility index (Phi) is 11.0. The number of carbonyl (C=O) groups is 2. The van der Waals surface area contributed by atoms with Crippen LogP contribution in [0.1, 0.15) is 71.2 Å². The highest BCUT2D eigenvalue weighted by Gasteiger charge is 2.41. The van der Waals surface area contributed by atoms with Crippen LogP contribution in [-0.4, -0.2) is 67.6 Å². The Morgan fingerprint density at radius 3 is 2.50 bits per heavy atom. The number of hydrogen-bond acceptors (Lipinski definition) is 7. The molecule has 1 aliphatic carbocycles. The molecular formula is C32H48Cl2N4O4SSi. The Morgan fingerprint density at radius 1 is 1.16 bits per heavy atom. The molecule has 1 saturated carbocycles. The van der Waals surface area contributed by atoms with Crippen LogP contribution >= 0.6 is 34.5 Å². The normalized spacial score (nSPS) is 18.3. The largest absolute Gasteiger partial charge is 0.444 e. The third-order valence-electron chi connectivity index (χ3n) is 8.56. The topological polar surface area (TPSA) is 84.0 Å². The molecule has 1 N–H and O–H groups in total. The van der Waals surface area contributed by atoms with Crippen molar-refractivity contribution in [1.82, 2.24) is 15.2 Å². The maximum Gasteiger partial charge on any atom is 0.407 e. The lowest BCUT2D eigenvalue weighted by molar-refractivity contribution is -0.136. The molecule has 12 heteroatoms. The Bertz CT molecular complexity index is 1320. The molecule has 244 valence electrons. The molecule has 44 heavy (non-hydrogen) atoms. The van der Waals surface area contributed by atoms with Crippen LogP contribution in [0.2, 0.25) is 28.2 Å². The Morgan fingerprint density at radius 2 is 1.86 bits per heavy atom. The molecule has 0 radical (unpaired) electrons. The number of hydrogen-bond donors (Lipinski definition) is 1. The summed E-state index contributed by atoms with van der Waals surface area (Å²) in [7, 11) is -1.86. The maximum atomic E-state index is 14.2. The van der Waals surface area contributed by atoms with E-state index in [0.717, 1.165) is 47.9 Å². The lowest BCUT2D eigenvalue weighted by atomic mass is 10.0. The molecule has 1 aliphatic heterocycles. The predicted octanol–water partition coefficient (Wildman–Crippen LogP) is 7.93. The summed E-state index contributed by atoms with van der Waals surface area (Å²) in [4.78, 5) is 36.7. The molecule has 1 aromatic carbocycles. The zero-order chi connectivity index (χ0) is 32.4. The summed E-state index contributed by atoms with van der Waals surface area (Å²) in [6.07, 6.45) is 4.83. The zero-order valence-corrected chi connectivity index (χ0v) is 30.7. The number of rotatable bonds is 11. The lowest BCUT2D eigenvalue weighted by Gasteiger charge is -2.38. The second kappa shape index (κ2) is 13.9. The first-order chi connectivity index (χ1) is 20.4. The lowest BCUT2D eigenvalue weighted by Crippen LogP contribution is -2.44. The molecule has 0 spiro atoms. The van der Waals surface area contributed by atoms with Crippen LogP contribution in [0.3, 0.4) is 0 Å². The highest BCUT2D eigenvalue weighted by atomic mass is 35.5. The van der Waals surface area contributed by atoms with Gasteiger partial charge >= 0.3 is 6.09 Å². The number of anilines is 1. The van der Waals surface area contributed by atoms with E-state index < -0.39 is 25.9 Å². The molecule has 2 fully saturated rings. The van der Waals surface area contributed by atoms with Gasteiger partial charge in [0.1, 0.15) is 5.60 Å². The summed E-state index contributed by atoms with van der Waals surface area (Å²) in [5, 5.41) is 4.88. The minimum atomic E-state index is -1.86. The smallest absolute Gasteiger partial charge is 0.407 e. The predicted molar refractivity (Wildman–Crippen MR) is 182 cm³/mol. The molecule has 2 atom stereocenters. The minimum absolute atomic E-state index is 0.0291. The molecule has 0 bridgehead atoms. The van der Waals surface area contributed by atoms with Crippen molar-refractivity contribution in [2.75, 3.05) is 24.5 Å². The quantitative estimate of drug-likeness (QED) is 0.242. The summed E-state index contributed by atoms with van der Waals surface area (Å²) in [5.74, 6) is -0.527. The van der Waals surface area contributed by atoms with Gasteiger partial charge in [-0.05, 0) is 76.2 Å². The van der Waals surface area contributed by atoms with E-state index in [1.165, 1.54) is 0 Å². The summed E-state index contributed by atoms with van der Waals surface area (Å²) >= 11 is 14.4. The van der Waals surface area contributed by atoms with Crippen LogP contribution in [0.5, 0.6) is 0 Å². The fraction of sp³-hybridized carbons (Fsp3) is 0.656. The zero-order valence-electron chi connectivity index (χ0n) is 27.3. The molecule has 4 rings (SSSR count). The van der Waals surface area contributed by atoms with Crippen molar-refractivity contribution in [2.24, 2.45) is 5.92 Å². The van der Waals surface area contributed by atoms with Gasteiger partial charge in [-0.25, -0.2) is 9.78 Å². The number of nitrogens with one attached hydrogen (secondary N) is 1. The van der Waals surface area contributed by atoms with Gasteiger partial charge in [-0.15, -0.1) is 11.3 Å². The van der Waals surface area contributed by atoms with E-state index in [2.05, 4.69) is 44.1 Å². The van der Waals surface area contributed by atoms with Gasteiger partial charge in [-0.1, -0.05) is 56.1 Å². The molecule has 2 heterocycles. The Hall–Kier alpha value is -1.85. The molecule has 2 amide bonds. The van der Waals surface area contributed by atoms with E-state index in [1.807, 2.05) is 44.0 Å². The minimum Gasteiger partial charge on any atom is -0.444 e. The number of ether oxygens (including phenoxy) is 1. The van der Waals surface area contributed by atoms with Crippen LogP contribution in [0.15, 0.2) is 24.4 Å². The van der Waals surface area contributed by atoms with Crippen molar-refractivity contribution in [3.63, 3.8) is 0 Å². The SMILES string of the molecule is CC(C)(C)OC(=O)NC[C@@H](Cc1cnc(N2CC[C@H](O[Si](C)(C)C(C)(C)C)C2)s1)C(=O)N(Cc1cccc(Cl)c1Cl)C1CC1. The molecule has 2 aromatic rings. The molecular weight excluding hydrogens is 635 g/mol. The summed E-state index contributed by atoms with van der Waals surface area (Å²) in [5.41, 5.74) is 0.170. The van der Waals surface area contributed by atoms with Crippen LogP contribution in [-0.2, 0) is 26.9 Å². The van der Waals surface area contributed by atoms with Crippen molar-refractivity contribution in [1.29, 1.82) is 0 Å². The number of amides is 2. The summed E-state index contributed by atoms with van der Waals surface area (Å²) in [6, 6.07) is 5.63. The summed E-state index contributed by atoms with van der Waals surface area (Å²) < 4.78 is 12.1. The van der Waals surface area contributed by atoms with Crippen molar-refractivity contribution >= 4 is 60.0 Å². The highest BCUT2D eigenvalue weighted by Crippen LogP contribution is 2.39. The van der Waals surface area contributed by atoms with Crippen LogP contribution < -0.4 is 10.2 Å². The monoisotopic (exact) mass is 682 g/mol. The first kappa shape index (κ1) is 35.0. The van der Waals surface area contributed by atoms with E-state index in [0.29, 0.717) is 23.0 Å². The van der Waals surface area contributed by atoms with Crippen LogP contribution in [0.25, 0.3) is 0 Å². The Labute approximate surface area is 277 Å². The van der Waals surface area contributed by atoms with Crippen molar-refractivity contribution in [3.05, 3.63) is 44.9 Å². The van der Waals surface area contributed by atoms with E-state index in [1.54, 1.807) is 17.4 Å². The number of aromatic nitrogens is 1. The average Bonchev–Trinajstić information content (AvgIpc) is 3.46. The van der Waals surface area contributed by atoms with Crippen molar-refractivity contribution < 1.29 is 18.8 Å². The van der Waals surface area contributed by atoms with Gasteiger partial charge in [-0.3, -0.25) is 4.79 Å². The van der Waals surface area contributed by atoms with Gasteiger partial charge in [0.15, 0.2) is 13.4 Å². The van der Waals surface area contributed by atoms with E-state index >= 15 is 0 Å². The number of halogens is 2. The third-order valence-corrected chi connectivity index (χ3v) is 15.0. The standard InChI is InChI=1S/C32H48Cl2N4O4SSi/c1-31(2,3)41-30(40)36-17-22(28(39)38(23-12-13-23)19-21-10-9-11-26(33)27(21)34)16-25-18-35-29(43-25)37-15-14-24(20-37)42-44(7,8)32(4,5)6/h9-11,18,22-24H,12-17,19-20H2,1-8H3,(H,36,40)/t22-,24+/m1/s1. The number of alkyl carbamates (subject to hydrolysis) is 1. The molecule has 1 aromatic heterocycles. The molecule has 1 saturated heterocycles. The first-order valence-corrected chi connectivity index (χ1v) is 20.0. The van der Waals surface area contributed by atoms with Crippen molar-refractivity contribution in [3.8, 4) is 0 Å². The molecule has 2 aliphatic rings. The summed E-state index contributed by atoms with van der Waals surface area (Å²) in [6.45, 7) is 19.1. The fourth-order valence-corrected chi connectivity index (χ4v) is 7.79. The second-order valence-electron chi connectivity index (χ2n) is 14.5. The van der Waals surface area contributed by atoms with Gasteiger partial charge in [0.2, 0.25) is 5.91 Å². The first-order valence-electron chi connectivity index (χ1n) is 15.5. The number of carbonyl (C=O) groups excluding carboxylic acids is 2. The second-order valence-corrected chi connectivity index (χ2v) is 21.2. The average molecular weight is 684 g/mol. The van der Waals surface area contributed by atoms with E-state index in [9.17, 15) is 9.59 Å².